The van der Waals surface area contributed by atoms with Crippen LogP contribution < -0.4 is 0 Å². The van der Waals surface area contributed by atoms with E-state index >= 15 is 0 Å². The van der Waals surface area contributed by atoms with E-state index in [2.05, 4.69) is 21.0 Å². The fourth-order valence-corrected chi connectivity index (χ4v) is 1.89. The molecule has 0 aliphatic carbocycles. The summed E-state index contributed by atoms with van der Waals surface area (Å²) < 4.78 is 2.53. The summed E-state index contributed by atoms with van der Waals surface area (Å²) in [6.45, 7) is 0. The van der Waals surface area contributed by atoms with E-state index in [0.717, 1.165) is 10.0 Å². The van der Waals surface area contributed by atoms with E-state index in [4.69, 9.17) is 0 Å². The number of hydrogen-bond acceptors (Lipinski definition) is 2. The molecule has 0 saturated heterocycles. The topological polar surface area (TPSA) is 34.9 Å². The second kappa shape index (κ2) is 5.10. The maximum atomic E-state index is 11.8. The van der Waals surface area contributed by atoms with Gasteiger partial charge in [-0.25, -0.2) is 0 Å². The molecule has 0 amide bonds. The Kier molecular flexibility index (Phi) is 3.54. The molecule has 4 heteroatoms. The number of hydrogen-bond donors (Lipinski definition) is 0. The summed E-state index contributed by atoms with van der Waals surface area (Å²) in [5, 5.41) is 3.96. The third-order valence-electron chi connectivity index (χ3n) is 2.39. The van der Waals surface area contributed by atoms with Crippen molar-refractivity contribution in [3.05, 3.63) is 58.3 Å². The number of nitrogens with zero attached hydrogens (tertiary/aromatic N) is 2. The molecule has 0 spiro atoms. The molecule has 0 N–H and O–H groups in total. The molecule has 0 unspecified atom stereocenters. The minimum Gasteiger partial charge on any atom is -0.288 e. The maximum absolute atomic E-state index is 11.8. The molecule has 1 aromatic heterocycles. The SMILES string of the molecule is Cn1nccc1C(=O)/C=C/c1ccccc1Br. The quantitative estimate of drug-likeness (QED) is 0.643. The van der Waals surface area contributed by atoms with Crippen molar-refractivity contribution in [1.29, 1.82) is 0 Å². The fraction of sp³-hybridized carbons (Fsp3) is 0.0769. The van der Waals surface area contributed by atoms with Crippen molar-refractivity contribution in [1.82, 2.24) is 9.78 Å². The van der Waals surface area contributed by atoms with Crippen LogP contribution in [0.3, 0.4) is 0 Å². The van der Waals surface area contributed by atoms with E-state index in [1.807, 2.05) is 24.3 Å². The summed E-state index contributed by atoms with van der Waals surface area (Å²) in [7, 11) is 1.75. The van der Waals surface area contributed by atoms with Crippen LogP contribution in [0.2, 0.25) is 0 Å². The van der Waals surface area contributed by atoms with Gasteiger partial charge in [-0.3, -0.25) is 9.48 Å². The van der Waals surface area contributed by atoms with Crippen LogP contribution in [0.5, 0.6) is 0 Å². The van der Waals surface area contributed by atoms with Crippen molar-refractivity contribution >= 4 is 27.8 Å². The van der Waals surface area contributed by atoms with Crippen molar-refractivity contribution in [3.8, 4) is 0 Å². The first kappa shape index (κ1) is 11.8. The molecule has 2 aromatic rings. The van der Waals surface area contributed by atoms with Crippen molar-refractivity contribution < 1.29 is 4.79 Å². The van der Waals surface area contributed by atoms with Crippen LogP contribution in [0, 0.1) is 0 Å². The van der Waals surface area contributed by atoms with E-state index < -0.39 is 0 Å². The first-order valence-corrected chi connectivity index (χ1v) is 5.93. The zero-order valence-corrected chi connectivity index (χ0v) is 10.9. The number of allylic oxidation sites excluding steroid dienone is 1. The third kappa shape index (κ3) is 2.71. The Bertz CT molecular complexity index is 572. The van der Waals surface area contributed by atoms with Gasteiger partial charge in [0, 0.05) is 17.7 Å². The van der Waals surface area contributed by atoms with Gasteiger partial charge in [0.15, 0.2) is 0 Å². The lowest BCUT2D eigenvalue weighted by molar-refractivity contribution is 0.103. The predicted molar refractivity (Wildman–Crippen MR) is 70.7 cm³/mol. The molecular formula is C13H11BrN2O. The van der Waals surface area contributed by atoms with Gasteiger partial charge in [0.25, 0.3) is 0 Å². The highest BCUT2D eigenvalue weighted by Gasteiger charge is 2.05. The molecule has 0 fully saturated rings. The third-order valence-corrected chi connectivity index (χ3v) is 3.12. The molecule has 0 bridgehead atoms. The van der Waals surface area contributed by atoms with E-state index in [1.165, 1.54) is 0 Å². The lowest BCUT2D eigenvalue weighted by Gasteiger charge is -1.98. The first-order chi connectivity index (χ1) is 8.18. The molecule has 3 nitrogen and oxygen atoms in total. The minimum atomic E-state index is -0.0549. The molecule has 0 radical (unpaired) electrons. The van der Waals surface area contributed by atoms with Crippen LogP contribution in [0.4, 0.5) is 0 Å². The van der Waals surface area contributed by atoms with Gasteiger partial charge in [0.1, 0.15) is 5.69 Å². The number of ketones is 1. The second-order valence-corrected chi connectivity index (χ2v) is 4.41. The average Bonchev–Trinajstić information content (AvgIpc) is 2.74. The number of carbonyl (C=O) groups excluding carboxylic acids is 1. The second-order valence-electron chi connectivity index (χ2n) is 3.56. The number of halogens is 1. The summed E-state index contributed by atoms with van der Waals surface area (Å²) in [6.07, 6.45) is 4.95. The number of carbonyl (C=O) groups is 1. The fourth-order valence-electron chi connectivity index (χ4n) is 1.48. The summed E-state index contributed by atoms with van der Waals surface area (Å²) in [5.41, 5.74) is 1.55. The van der Waals surface area contributed by atoms with Gasteiger partial charge in [-0.1, -0.05) is 34.1 Å². The van der Waals surface area contributed by atoms with Gasteiger partial charge in [0.05, 0.1) is 0 Å². The maximum Gasteiger partial charge on any atom is 0.203 e. The Morgan fingerprint density at radius 2 is 2.12 bits per heavy atom. The van der Waals surface area contributed by atoms with Crippen molar-refractivity contribution in [2.45, 2.75) is 0 Å². The summed E-state index contributed by atoms with van der Waals surface area (Å²) >= 11 is 3.43. The molecule has 0 saturated carbocycles. The summed E-state index contributed by atoms with van der Waals surface area (Å²) in [6, 6.07) is 9.45. The first-order valence-electron chi connectivity index (χ1n) is 5.13. The highest BCUT2D eigenvalue weighted by Crippen LogP contribution is 2.17. The monoisotopic (exact) mass is 290 g/mol. The lowest BCUT2D eigenvalue weighted by Crippen LogP contribution is -2.03. The Hall–Kier alpha value is -1.68. The Morgan fingerprint density at radius 1 is 1.35 bits per heavy atom. The molecule has 1 heterocycles. The molecule has 17 heavy (non-hydrogen) atoms. The van der Waals surface area contributed by atoms with Gasteiger partial charge in [-0.2, -0.15) is 5.10 Å². The van der Waals surface area contributed by atoms with Gasteiger partial charge < -0.3 is 0 Å². The van der Waals surface area contributed by atoms with E-state index in [0.29, 0.717) is 5.69 Å². The van der Waals surface area contributed by atoms with E-state index in [1.54, 1.807) is 36.1 Å². The average molecular weight is 291 g/mol. The molecule has 86 valence electrons. The van der Waals surface area contributed by atoms with Gasteiger partial charge in [0.2, 0.25) is 5.78 Å². The zero-order chi connectivity index (χ0) is 12.3. The Morgan fingerprint density at radius 3 is 2.76 bits per heavy atom. The van der Waals surface area contributed by atoms with Gasteiger partial charge in [-0.15, -0.1) is 0 Å². The molecule has 0 atom stereocenters. The minimum absolute atomic E-state index is 0.0549. The smallest absolute Gasteiger partial charge is 0.203 e. The summed E-state index contributed by atoms with van der Waals surface area (Å²) in [5.74, 6) is -0.0549. The van der Waals surface area contributed by atoms with Crippen LogP contribution in [0.1, 0.15) is 16.1 Å². The molecule has 0 aliphatic heterocycles. The molecule has 0 aliphatic rings. The highest BCUT2D eigenvalue weighted by atomic mass is 79.9. The van der Waals surface area contributed by atoms with Gasteiger partial charge >= 0.3 is 0 Å². The van der Waals surface area contributed by atoms with E-state index in [-0.39, 0.29) is 5.78 Å². The van der Waals surface area contributed by atoms with Gasteiger partial charge in [-0.05, 0) is 29.8 Å². The van der Waals surface area contributed by atoms with Crippen LogP contribution in [0.15, 0.2) is 47.1 Å². The lowest BCUT2D eigenvalue weighted by atomic mass is 10.2. The predicted octanol–water partition coefficient (Wildman–Crippen LogP) is 3.08. The van der Waals surface area contributed by atoms with Crippen LogP contribution in [0.25, 0.3) is 6.08 Å². The summed E-state index contributed by atoms with van der Waals surface area (Å²) in [4.78, 5) is 11.8. The number of rotatable bonds is 3. The standard InChI is InChI=1S/C13H11BrN2O/c1-16-12(8-9-15-16)13(17)7-6-10-4-2-3-5-11(10)14/h2-9H,1H3/b7-6+. The Balaban J connectivity index is 2.20. The van der Waals surface area contributed by atoms with E-state index in [9.17, 15) is 4.79 Å². The molecular weight excluding hydrogens is 280 g/mol. The number of benzene rings is 1. The number of aromatic nitrogens is 2. The number of aryl methyl sites for hydroxylation is 1. The normalized spacial score (nSPS) is 10.9. The largest absolute Gasteiger partial charge is 0.288 e. The zero-order valence-electron chi connectivity index (χ0n) is 9.30. The molecule has 2 rings (SSSR count). The highest BCUT2D eigenvalue weighted by molar-refractivity contribution is 9.10. The van der Waals surface area contributed by atoms with Crippen LogP contribution in [-0.2, 0) is 7.05 Å². The molecule has 1 aromatic carbocycles. The Labute approximate surface area is 108 Å². The van der Waals surface area contributed by atoms with Crippen molar-refractivity contribution in [2.75, 3.05) is 0 Å². The van der Waals surface area contributed by atoms with Crippen molar-refractivity contribution in [2.24, 2.45) is 7.05 Å². The van der Waals surface area contributed by atoms with Crippen molar-refractivity contribution in [3.63, 3.8) is 0 Å². The van der Waals surface area contributed by atoms with Crippen LogP contribution in [-0.4, -0.2) is 15.6 Å². The van der Waals surface area contributed by atoms with Crippen LogP contribution >= 0.6 is 15.9 Å².